The smallest absolute Gasteiger partial charge is 0.241 e. The summed E-state index contributed by atoms with van der Waals surface area (Å²) in [4.78, 5) is 18.9. The first-order valence-electron chi connectivity index (χ1n) is 8.74. The number of methoxy groups -OCH3 is 1. The van der Waals surface area contributed by atoms with Gasteiger partial charge in [0.25, 0.3) is 0 Å². The third-order valence-electron chi connectivity index (χ3n) is 4.42. The lowest BCUT2D eigenvalue weighted by Crippen LogP contribution is -2.43. The lowest BCUT2D eigenvalue weighted by molar-refractivity contribution is -0.127. The Morgan fingerprint density at radius 3 is 3.12 bits per heavy atom. The van der Waals surface area contributed by atoms with Crippen LogP contribution in [0, 0.1) is 5.92 Å². The van der Waals surface area contributed by atoms with Crippen molar-refractivity contribution in [3.8, 4) is 11.4 Å². The number of nitrogens with zero attached hydrogens (tertiary/aromatic N) is 3. The Balaban J connectivity index is 1.57. The molecule has 1 aromatic heterocycles. The Morgan fingerprint density at radius 2 is 2.31 bits per heavy atom. The number of ether oxygens (including phenoxy) is 1. The monoisotopic (exact) mass is 378 g/mol. The van der Waals surface area contributed by atoms with Crippen molar-refractivity contribution in [2.75, 3.05) is 33.4 Å². The van der Waals surface area contributed by atoms with Crippen LogP contribution in [-0.4, -0.2) is 54.3 Å². The highest BCUT2D eigenvalue weighted by molar-refractivity contribution is 6.33. The van der Waals surface area contributed by atoms with Crippen molar-refractivity contribution >= 4 is 17.5 Å². The average Bonchev–Trinajstić information content (AvgIpc) is 3.10. The Kier molecular flexibility index (Phi) is 6.60. The van der Waals surface area contributed by atoms with E-state index in [0.29, 0.717) is 43.0 Å². The highest BCUT2D eigenvalue weighted by atomic mass is 35.5. The standard InChI is InChI=1S/C18H23ClN4O3/c1-25-10-8-20-18(24)13-5-4-9-23(11-13)12-16-21-17(22-26-16)14-6-2-3-7-15(14)19/h2-3,6-7,13H,4-5,8-12H2,1H3,(H,20,24). The second-order valence-corrected chi connectivity index (χ2v) is 6.76. The number of piperidine rings is 1. The van der Waals surface area contributed by atoms with Gasteiger partial charge in [-0.15, -0.1) is 0 Å². The minimum Gasteiger partial charge on any atom is -0.383 e. The van der Waals surface area contributed by atoms with Crippen molar-refractivity contribution in [3.63, 3.8) is 0 Å². The molecule has 1 aliphatic rings. The van der Waals surface area contributed by atoms with Gasteiger partial charge in [-0.05, 0) is 31.5 Å². The number of likely N-dealkylation sites (tertiary alicyclic amines) is 1. The van der Waals surface area contributed by atoms with Crippen LogP contribution in [0.2, 0.25) is 5.02 Å². The molecule has 26 heavy (non-hydrogen) atoms. The predicted molar refractivity (Wildman–Crippen MR) is 97.6 cm³/mol. The van der Waals surface area contributed by atoms with Gasteiger partial charge in [-0.25, -0.2) is 0 Å². The molecule has 1 aliphatic heterocycles. The fraction of sp³-hybridized carbons (Fsp3) is 0.500. The highest BCUT2D eigenvalue weighted by Crippen LogP contribution is 2.25. The molecule has 0 aliphatic carbocycles. The molecular weight excluding hydrogens is 356 g/mol. The maximum atomic E-state index is 12.2. The first-order valence-corrected chi connectivity index (χ1v) is 9.11. The predicted octanol–water partition coefficient (Wildman–Crippen LogP) is 2.36. The summed E-state index contributed by atoms with van der Waals surface area (Å²) in [6.07, 6.45) is 1.86. The van der Waals surface area contributed by atoms with Crippen LogP contribution in [0.15, 0.2) is 28.8 Å². The minimum atomic E-state index is -0.0217. The molecular formula is C18H23ClN4O3. The molecule has 0 bridgehead atoms. The molecule has 0 saturated carbocycles. The molecule has 1 fully saturated rings. The second kappa shape index (κ2) is 9.12. The zero-order valence-corrected chi connectivity index (χ0v) is 15.5. The van der Waals surface area contributed by atoms with Gasteiger partial charge in [-0.1, -0.05) is 28.9 Å². The largest absolute Gasteiger partial charge is 0.383 e. The summed E-state index contributed by atoms with van der Waals surface area (Å²) in [5, 5.41) is 7.53. The SMILES string of the molecule is COCCNC(=O)C1CCCN(Cc2nc(-c3ccccc3Cl)no2)C1. The Hall–Kier alpha value is -1.96. The quantitative estimate of drug-likeness (QED) is 0.745. The third-order valence-corrected chi connectivity index (χ3v) is 4.75. The topological polar surface area (TPSA) is 80.5 Å². The van der Waals surface area contributed by atoms with Gasteiger partial charge in [0, 0.05) is 25.8 Å². The Morgan fingerprint density at radius 1 is 1.46 bits per heavy atom. The second-order valence-electron chi connectivity index (χ2n) is 6.35. The summed E-state index contributed by atoms with van der Waals surface area (Å²) in [5.74, 6) is 1.07. The van der Waals surface area contributed by atoms with E-state index in [9.17, 15) is 4.79 Å². The molecule has 1 unspecified atom stereocenters. The van der Waals surface area contributed by atoms with E-state index >= 15 is 0 Å². The highest BCUT2D eigenvalue weighted by Gasteiger charge is 2.26. The Labute approximate surface area is 157 Å². The zero-order chi connectivity index (χ0) is 18.4. The van der Waals surface area contributed by atoms with E-state index in [4.69, 9.17) is 20.9 Å². The summed E-state index contributed by atoms with van der Waals surface area (Å²) in [7, 11) is 1.62. The summed E-state index contributed by atoms with van der Waals surface area (Å²) in [5.41, 5.74) is 0.748. The summed E-state index contributed by atoms with van der Waals surface area (Å²) < 4.78 is 10.3. The van der Waals surface area contributed by atoms with Gasteiger partial charge in [0.2, 0.25) is 17.6 Å². The lowest BCUT2D eigenvalue weighted by atomic mass is 9.97. The van der Waals surface area contributed by atoms with Crippen LogP contribution in [0.5, 0.6) is 0 Å². The maximum absolute atomic E-state index is 12.2. The van der Waals surface area contributed by atoms with Crippen LogP contribution >= 0.6 is 11.6 Å². The van der Waals surface area contributed by atoms with Crippen molar-refractivity contribution < 1.29 is 14.1 Å². The fourth-order valence-electron chi connectivity index (χ4n) is 3.10. The van der Waals surface area contributed by atoms with Gasteiger partial charge in [-0.3, -0.25) is 9.69 Å². The van der Waals surface area contributed by atoms with Crippen LogP contribution in [0.1, 0.15) is 18.7 Å². The van der Waals surface area contributed by atoms with Gasteiger partial charge in [0.15, 0.2) is 0 Å². The number of carbonyl (C=O) groups excluding carboxylic acids is 1. The zero-order valence-electron chi connectivity index (χ0n) is 14.8. The number of aromatic nitrogens is 2. The summed E-state index contributed by atoms with van der Waals surface area (Å²) in [6.45, 7) is 3.18. The van der Waals surface area contributed by atoms with Crippen molar-refractivity contribution in [2.45, 2.75) is 19.4 Å². The average molecular weight is 379 g/mol. The van der Waals surface area contributed by atoms with E-state index in [2.05, 4.69) is 20.4 Å². The molecule has 7 nitrogen and oxygen atoms in total. The molecule has 2 heterocycles. The third kappa shape index (κ3) is 4.81. The Bertz CT molecular complexity index is 737. The molecule has 1 N–H and O–H groups in total. The molecule has 0 radical (unpaired) electrons. The van der Waals surface area contributed by atoms with E-state index in [0.717, 1.165) is 24.9 Å². The number of hydrogen-bond donors (Lipinski definition) is 1. The molecule has 3 rings (SSSR count). The molecule has 0 spiro atoms. The van der Waals surface area contributed by atoms with Gasteiger partial charge in [-0.2, -0.15) is 4.98 Å². The van der Waals surface area contributed by atoms with Gasteiger partial charge in [0.05, 0.1) is 24.1 Å². The van der Waals surface area contributed by atoms with Crippen molar-refractivity contribution in [1.82, 2.24) is 20.4 Å². The van der Waals surface area contributed by atoms with Crippen molar-refractivity contribution in [3.05, 3.63) is 35.2 Å². The molecule has 140 valence electrons. The van der Waals surface area contributed by atoms with Crippen molar-refractivity contribution in [2.24, 2.45) is 5.92 Å². The molecule has 8 heteroatoms. The van der Waals surface area contributed by atoms with E-state index in [1.807, 2.05) is 18.2 Å². The van der Waals surface area contributed by atoms with E-state index < -0.39 is 0 Å². The van der Waals surface area contributed by atoms with Crippen LogP contribution in [-0.2, 0) is 16.1 Å². The van der Waals surface area contributed by atoms with Gasteiger partial charge in [0.1, 0.15) is 0 Å². The van der Waals surface area contributed by atoms with Crippen LogP contribution in [0.25, 0.3) is 11.4 Å². The van der Waals surface area contributed by atoms with E-state index in [-0.39, 0.29) is 11.8 Å². The number of amides is 1. The molecule has 1 atom stereocenters. The number of benzene rings is 1. The fourth-order valence-corrected chi connectivity index (χ4v) is 3.32. The first kappa shape index (κ1) is 18.8. The molecule has 1 amide bonds. The van der Waals surface area contributed by atoms with Gasteiger partial charge < -0.3 is 14.6 Å². The first-order chi connectivity index (χ1) is 12.7. The molecule has 2 aromatic rings. The number of hydrogen-bond acceptors (Lipinski definition) is 6. The normalized spacial score (nSPS) is 18.0. The van der Waals surface area contributed by atoms with Gasteiger partial charge >= 0.3 is 0 Å². The van der Waals surface area contributed by atoms with Crippen molar-refractivity contribution in [1.29, 1.82) is 0 Å². The number of halogens is 1. The number of nitrogens with one attached hydrogen (secondary N) is 1. The summed E-state index contributed by atoms with van der Waals surface area (Å²) in [6, 6.07) is 7.40. The maximum Gasteiger partial charge on any atom is 0.241 e. The van der Waals surface area contributed by atoms with E-state index in [1.54, 1.807) is 13.2 Å². The minimum absolute atomic E-state index is 0.0217. The van der Waals surface area contributed by atoms with Crippen LogP contribution < -0.4 is 5.32 Å². The number of carbonyl (C=O) groups is 1. The van der Waals surface area contributed by atoms with E-state index in [1.165, 1.54) is 0 Å². The molecule has 1 saturated heterocycles. The summed E-state index contributed by atoms with van der Waals surface area (Å²) >= 11 is 6.18. The van der Waals surface area contributed by atoms with Crippen LogP contribution in [0.4, 0.5) is 0 Å². The lowest BCUT2D eigenvalue weighted by Gasteiger charge is -2.30. The number of rotatable bonds is 7. The van der Waals surface area contributed by atoms with Crippen LogP contribution in [0.3, 0.4) is 0 Å². The molecule has 1 aromatic carbocycles.